The van der Waals surface area contributed by atoms with Crippen LogP contribution in [0.2, 0.25) is 0 Å². The molecule has 0 amide bonds. The molecule has 1 aliphatic rings. The normalized spacial score (nSPS) is 18.9. The van der Waals surface area contributed by atoms with Crippen molar-refractivity contribution >= 4 is 0 Å². The zero-order valence-corrected chi connectivity index (χ0v) is 14.0. The van der Waals surface area contributed by atoms with E-state index in [0.717, 1.165) is 5.75 Å². The first-order chi connectivity index (χ1) is 10.1. The molecule has 118 valence electrons. The van der Waals surface area contributed by atoms with Crippen LogP contribution in [0, 0.1) is 5.92 Å². The van der Waals surface area contributed by atoms with Gasteiger partial charge in [-0.25, -0.2) is 0 Å². The van der Waals surface area contributed by atoms with Gasteiger partial charge in [-0.1, -0.05) is 52.7 Å². The van der Waals surface area contributed by atoms with Crippen LogP contribution in [0.15, 0.2) is 24.3 Å². The van der Waals surface area contributed by atoms with E-state index in [2.05, 4.69) is 52.0 Å². The van der Waals surface area contributed by atoms with Gasteiger partial charge < -0.3 is 9.47 Å². The molecule has 0 aliphatic heterocycles. The number of rotatable bonds is 7. The van der Waals surface area contributed by atoms with Crippen LogP contribution in [0.5, 0.6) is 5.75 Å². The van der Waals surface area contributed by atoms with Crippen molar-refractivity contribution in [2.45, 2.75) is 78.1 Å². The molecular formula is C19H30O2. The molecule has 21 heavy (non-hydrogen) atoms. The third kappa shape index (κ3) is 4.74. The van der Waals surface area contributed by atoms with Crippen molar-refractivity contribution in [1.29, 1.82) is 0 Å². The zero-order valence-electron chi connectivity index (χ0n) is 14.0. The Morgan fingerprint density at radius 3 is 2.19 bits per heavy atom. The zero-order chi connectivity index (χ0) is 15.2. The average Bonchev–Trinajstić information content (AvgIpc) is 2.99. The lowest BCUT2D eigenvalue weighted by Crippen LogP contribution is -2.30. The SMILES string of the molecule is CCC(C)c1ccc(OC(OC2CCCC2)C(C)C)cc1. The van der Waals surface area contributed by atoms with E-state index in [4.69, 9.17) is 9.47 Å². The van der Waals surface area contributed by atoms with Crippen LogP contribution in [-0.4, -0.2) is 12.4 Å². The predicted octanol–water partition coefficient (Wildman–Crippen LogP) is 5.52. The van der Waals surface area contributed by atoms with E-state index in [1.54, 1.807) is 0 Å². The van der Waals surface area contributed by atoms with Gasteiger partial charge in [0.15, 0.2) is 0 Å². The van der Waals surface area contributed by atoms with Crippen molar-refractivity contribution in [3.05, 3.63) is 29.8 Å². The standard InChI is InChI=1S/C19H30O2/c1-5-15(4)16-10-12-18(13-11-16)21-19(14(2)3)20-17-8-6-7-9-17/h10-15,17,19H,5-9H2,1-4H3. The number of benzene rings is 1. The largest absolute Gasteiger partial charge is 0.465 e. The Kier molecular flexibility index (Phi) is 6.10. The fraction of sp³-hybridized carbons (Fsp3) is 0.684. The van der Waals surface area contributed by atoms with Gasteiger partial charge in [-0.2, -0.15) is 0 Å². The fourth-order valence-corrected chi connectivity index (χ4v) is 2.78. The van der Waals surface area contributed by atoms with Gasteiger partial charge in [-0.15, -0.1) is 0 Å². The molecular weight excluding hydrogens is 260 g/mol. The van der Waals surface area contributed by atoms with Gasteiger partial charge in [0.1, 0.15) is 5.75 Å². The van der Waals surface area contributed by atoms with E-state index < -0.39 is 0 Å². The summed E-state index contributed by atoms with van der Waals surface area (Å²) in [6, 6.07) is 8.51. The smallest absolute Gasteiger partial charge is 0.202 e. The minimum absolute atomic E-state index is 0.137. The molecule has 2 nitrogen and oxygen atoms in total. The quantitative estimate of drug-likeness (QED) is 0.615. The highest BCUT2D eigenvalue weighted by Gasteiger charge is 2.24. The molecule has 2 atom stereocenters. The molecule has 2 rings (SSSR count). The van der Waals surface area contributed by atoms with E-state index in [9.17, 15) is 0 Å². The van der Waals surface area contributed by atoms with Gasteiger partial charge in [0.25, 0.3) is 0 Å². The van der Waals surface area contributed by atoms with E-state index in [1.165, 1.54) is 37.7 Å². The monoisotopic (exact) mass is 290 g/mol. The second-order valence-electron chi connectivity index (χ2n) is 6.65. The Balaban J connectivity index is 1.96. The van der Waals surface area contributed by atoms with Gasteiger partial charge in [-0.3, -0.25) is 0 Å². The second kappa shape index (κ2) is 7.84. The molecule has 0 saturated heterocycles. The third-order valence-corrected chi connectivity index (χ3v) is 4.49. The van der Waals surface area contributed by atoms with Gasteiger partial charge in [0.05, 0.1) is 6.10 Å². The van der Waals surface area contributed by atoms with Crippen LogP contribution in [-0.2, 0) is 4.74 Å². The third-order valence-electron chi connectivity index (χ3n) is 4.49. The Morgan fingerprint density at radius 2 is 1.67 bits per heavy atom. The number of hydrogen-bond donors (Lipinski definition) is 0. The predicted molar refractivity (Wildman–Crippen MR) is 87.7 cm³/mol. The van der Waals surface area contributed by atoms with Crippen LogP contribution in [0.3, 0.4) is 0 Å². The number of hydrogen-bond acceptors (Lipinski definition) is 2. The lowest BCUT2D eigenvalue weighted by Gasteiger charge is -2.26. The van der Waals surface area contributed by atoms with Crippen LogP contribution in [0.4, 0.5) is 0 Å². The van der Waals surface area contributed by atoms with Crippen LogP contribution in [0.1, 0.15) is 71.3 Å². The van der Waals surface area contributed by atoms with Crippen molar-refractivity contribution in [1.82, 2.24) is 0 Å². The van der Waals surface area contributed by atoms with Gasteiger partial charge >= 0.3 is 0 Å². The summed E-state index contributed by atoms with van der Waals surface area (Å²) in [7, 11) is 0. The van der Waals surface area contributed by atoms with Crippen LogP contribution >= 0.6 is 0 Å². The van der Waals surface area contributed by atoms with E-state index in [0.29, 0.717) is 17.9 Å². The summed E-state index contributed by atoms with van der Waals surface area (Å²) in [5.41, 5.74) is 1.38. The highest BCUT2D eigenvalue weighted by Crippen LogP contribution is 2.27. The summed E-state index contributed by atoms with van der Waals surface area (Å²) in [5.74, 6) is 1.88. The summed E-state index contributed by atoms with van der Waals surface area (Å²) in [6.45, 7) is 8.80. The molecule has 0 aromatic heterocycles. The summed E-state index contributed by atoms with van der Waals surface area (Å²) in [5, 5.41) is 0. The maximum Gasteiger partial charge on any atom is 0.202 e. The lowest BCUT2D eigenvalue weighted by molar-refractivity contribution is -0.140. The molecule has 1 aromatic rings. The summed E-state index contributed by atoms with van der Waals surface area (Å²) in [4.78, 5) is 0. The summed E-state index contributed by atoms with van der Waals surface area (Å²) >= 11 is 0. The lowest BCUT2D eigenvalue weighted by atomic mass is 9.99. The van der Waals surface area contributed by atoms with Crippen molar-refractivity contribution in [3.63, 3.8) is 0 Å². The van der Waals surface area contributed by atoms with Gasteiger partial charge in [0.2, 0.25) is 6.29 Å². The van der Waals surface area contributed by atoms with Crippen molar-refractivity contribution in [2.75, 3.05) is 0 Å². The minimum atomic E-state index is -0.137. The molecule has 1 fully saturated rings. The summed E-state index contributed by atoms with van der Waals surface area (Å²) in [6.07, 6.45) is 6.36. The molecule has 0 N–H and O–H groups in total. The fourth-order valence-electron chi connectivity index (χ4n) is 2.78. The molecule has 0 heterocycles. The minimum Gasteiger partial charge on any atom is -0.465 e. The molecule has 2 unspecified atom stereocenters. The average molecular weight is 290 g/mol. The first kappa shape index (κ1) is 16.4. The van der Waals surface area contributed by atoms with E-state index in [1.807, 2.05) is 0 Å². The molecule has 1 aromatic carbocycles. The molecule has 2 heteroatoms. The highest BCUT2D eigenvalue weighted by atomic mass is 16.7. The second-order valence-corrected chi connectivity index (χ2v) is 6.65. The van der Waals surface area contributed by atoms with Crippen molar-refractivity contribution in [3.8, 4) is 5.75 Å². The Labute approximate surface area is 129 Å². The van der Waals surface area contributed by atoms with Gasteiger partial charge in [-0.05, 0) is 42.9 Å². The van der Waals surface area contributed by atoms with Crippen molar-refractivity contribution in [2.24, 2.45) is 5.92 Å². The molecule has 1 saturated carbocycles. The number of ether oxygens (including phenoxy) is 2. The molecule has 0 bridgehead atoms. The first-order valence-electron chi connectivity index (χ1n) is 8.52. The maximum absolute atomic E-state index is 6.15. The Bertz CT molecular complexity index is 404. The van der Waals surface area contributed by atoms with E-state index in [-0.39, 0.29) is 6.29 Å². The Morgan fingerprint density at radius 1 is 1.05 bits per heavy atom. The van der Waals surface area contributed by atoms with Gasteiger partial charge in [0, 0.05) is 5.92 Å². The topological polar surface area (TPSA) is 18.5 Å². The molecule has 0 spiro atoms. The molecule has 0 radical (unpaired) electrons. The molecule has 1 aliphatic carbocycles. The van der Waals surface area contributed by atoms with Crippen LogP contribution < -0.4 is 4.74 Å². The maximum atomic E-state index is 6.15. The summed E-state index contributed by atoms with van der Waals surface area (Å²) < 4.78 is 12.2. The van der Waals surface area contributed by atoms with Crippen molar-refractivity contribution < 1.29 is 9.47 Å². The Hall–Kier alpha value is -1.02. The first-order valence-corrected chi connectivity index (χ1v) is 8.52. The van der Waals surface area contributed by atoms with Crippen LogP contribution in [0.25, 0.3) is 0 Å². The van der Waals surface area contributed by atoms with E-state index >= 15 is 0 Å². The highest BCUT2D eigenvalue weighted by molar-refractivity contribution is 5.29.